The van der Waals surface area contributed by atoms with Gasteiger partial charge in [-0.3, -0.25) is 9.59 Å². The molecule has 0 amide bonds. The van der Waals surface area contributed by atoms with Gasteiger partial charge in [-0.25, -0.2) is 0 Å². The minimum absolute atomic E-state index is 0.143. The Bertz CT molecular complexity index is 3140. The van der Waals surface area contributed by atoms with E-state index in [1.165, 1.54) is 491 Å². The molecule has 2 aliphatic rings. The van der Waals surface area contributed by atoms with Crippen molar-refractivity contribution in [1.29, 1.82) is 0 Å². The summed E-state index contributed by atoms with van der Waals surface area (Å²) < 4.78 is 0. The fourth-order valence-corrected chi connectivity index (χ4v) is 24.3. The second kappa shape index (κ2) is 63.0. The first-order valence-electron chi connectivity index (χ1n) is 48.1. The third-order valence-corrected chi connectivity index (χ3v) is 31.4. The van der Waals surface area contributed by atoms with Crippen LogP contribution in [0, 0.1) is 11.8 Å². The molecule has 8 heteroatoms. The molecule has 110 heavy (non-hydrogen) atoms. The Hall–Kier alpha value is -2.20. The lowest BCUT2D eigenvalue weighted by molar-refractivity contribution is -0.106. The third kappa shape index (κ3) is 39.8. The van der Waals surface area contributed by atoms with Gasteiger partial charge in [0.05, 0.1) is 11.1 Å². The Kier molecular flexibility index (Phi) is 54.3. The highest BCUT2D eigenvalue weighted by molar-refractivity contribution is 8.15. The van der Waals surface area contributed by atoms with Crippen LogP contribution >= 0.6 is 68.9 Å². The summed E-state index contributed by atoms with van der Waals surface area (Å²) in [6, 6.07) is 18.2. The zero-order valence-electron chi connectivity index (χ0n) is 71.7. The van der Waals surface area contributed by atoms with Crippen LogP contribution in [0.3, 0.4) is 0 Å². The smallest absolute Gasteiger partial charge is 0.226 e. The van der Waals surface area contributed by atoms with Crippen LogP contribution in [0.25, 0.3) is 30.7 Å². The average molecular weight is 1610 g/mol. The number of hydrogen-bond donors (Lipinski definition) is 0. The number of carbonyl (C=O) groups is 2. The van der Waals surface area contributed by atoms with Gasteiger partial charge in [0.2, 0.25) is 10.2 Å². The van der Waals surface area contributed by atoms with E-state index in [1.807, 2.05) is 34.0 Å². The number of hydrogen-bond acceptors (Lipinski definition) is 8. The van der Waals surface area contributed by atoms with Gasteiger partial charge in [-0.05, 0) is 125 Å². The molecule has 0 saturated carbocycles. The first kappa shape index (κ1) is 94.9. The minimum Gasteiger partial charge on any atom is -0.281 e. The SMILES string of the molecule is CCCCCCCCCCCCCCCCC(CCCCCCCCCCCCCCCC)CCCCCc1csc(C2=c3cc4c(cc3SC2=O)=C(c2cc(CCCCCC(CCCCCCCCCCCCCCCC)CCCCCCCCCCCCCCCC)c(-c3ccc(-c5cccs5)s3)s2)C(=O)S4)c1. The highest BCUT2D eigenvalue weighted by Crippen LogP contribution is 2.46. The van der Waals surface area contributed by atoms with Crippen molar-refractivity contribution >= 4 is 90.2 Å². The Labute approximate surface area is 703 Å². The van der Waals surface area contributed by atoms with Crippen LogP contribution in [0.5, 0.6) is 0 Å². The van der Waals surface area contributed by atoms with E-state index in [0.29, 0.717) is 0 Å². The van der Waals surface area contributed by atoms with Crippen molar-refractivity contribution in [3.8, 4) is 19.5 Å². The summed E-state index contributed by atoms with van der Waals surface area (Å²) in [4.78, 5) is 38.2. The zero-order chi connectivity index (χ0) is 77.2. The van der Waals surface area contributed by atoms with Crippen LogP contribution in [0.15, 0.2) is 69.1 Å². The van der Waals surface area contributed by atoms with Crippen molar-refractivity contribution in [1.82, 2.24) is 0 Å². The van der Waals surface area contributed by atoms with E-state index in [1.54, 1.807) is 11.3 Å². The maximum atomic E-state index is 14.5. The molecule has 0 fully saturated rings. The molecule has 0 bridgehead atoms. The number of aryl methyl sites for hydroxylation is 2. The van der Waals surface area contributed by atoms with E-state index in [4.69, 9.17) is 0 Å². The van der Waals surface area contributed by atoms with Crippen LogP contribution < -0.4 is 10.4 Å². The first-order valence-corrected chi connectivity index (χ1v) is 53.1. The molecule has 0 atom stereocenters. The molecule has 620 valence electrons. The summed E-state index contributed by atoms with van der Waals surface area (Å²) in [5.41, 5.74) is 4.45. The van der Waals surface area contributed by atoms with Crippen molar-refractivity contribution in [2.75, 3.05) is 0 Å². The van der Waals surface area contributed by atoms with E-state index in [-0.39, 0.29) is 10.2 Å². The molecule has 6 heterocycles. The third-order valence-electron chi connectivity index (χ3n) is 25.0. The summed E-state index contributed by atoms with van der Waals surface area (Å²) >= 11 is 10.1. The molecule has 0 unspecified atom stereocenters. The van der Waals surface area contributed by atoms with Crippen molar-refractivity contribution in [2.24, 2.45) is 11.8 Å². The van der Waals surface area contributed by atoms with Gasteiger partial charge in [-0.15, -0.1) is 45.3 Å². The summed E-state index contributed by atoms with van der Waals surface area (Å²) in [6.45, 7) is 9.28. The molecule has 2 aliphatic heterocycles. The highest BCUT2D eigenvalue weighted by atomic mass is 32.2. The van der Waals surface area contributed by atoms with Gasteiger partial charge in [0.1, 0.15) is 0 Å². The average Bonchev–Trinajstić information content (AvgIpc) is 1.59. The van der Waals surface area contributed by atoms with Crippen LogP contribution in [-0.2, 0) is 22.4 Å². The largest absolute Gasteiger partial charge is 0.281 e. The molecular weight excluding hydrogens is 1450 g/mol. The maximum Gasteiger partial charge on any atom is 0.226 e. The number of benzene rings is 1. The van der Waals surface area contributed by atoms with Crippen LogP contribution in [0.4, 0.5) is 0 Å². The maximum absolute atomic E-state index is 14.5. The second-order valence-electron chi connectivity index (χ2n) is 34.8. The van der Waals surface area contributed by atoms with E-state index in [0.717, 1.165) is 65.8 Å². The molecule has 4 aromatic heterocycles. The normalized spacial score (nSPS) is 13.0. The number of thioether (sulfide) groups is 2. The molecular formula is C102H164O2S6. The molecule has 0 aliphatic carbocycles. The molecule has 0 N–H and O–H groups in total. The van der Waals surface area contributed by atoms with Crippen molar-refractivity contribution in [3.63, 3.8) is 0 Å². The molecule has 2 nitrogen and oxygen atoms in total. The quantitative estimate of drug-likeness (QED) is 0.0363. The summed E-state index contributed by atoms with van der Waals surface area (Å²) in [6.07, 6.45) is 98.5. The summed E-state index contributed by atoms with van der Waals surface area (Å²) in [5.74, 6) is 1.76. The Morgan fingerprint density at radius 1 is 0.273 bits per heavy atom. The van der Waals surface area contributed by atoms with E-state index >= 15 is 0 Å². The number of unbranched alkanes of at least 4 members (excludes halogenated alkanes) is 56. The Balaban J connectivity index is 0.908. The van der Waals surface area contributed by atoms with Crippen molar-refractivity contribution < 1.29 is 9.59 Å². The molecule has 0 radical (unpaired) electrons. The first-order chi connectivity index (χ1) is 54.4. The van der Waals surface area contributed by atoms with Gasteiger partial charge in [0.15, 0.2) is 0 Å². The molecule has 0 spiro atoms. The number of rotatable bonds is 76. The zero-order valence-corrected chi connectivity index (χ0v) is 76.6. The molecule has 7 rings (SSSR count). The van der Waals surface area contributed by atoms with Gasteiger partial charge < -0.3 is 0 Å². The van der Waals surface area contributed by atoms with E-state index < -0.39 is 0 Å². The summed E-state index contributed by atoms with van der Waals surface area (Å²) in [5, 5.41) is 6.84. The fourth-order valence-electron chi connectivity index (χ4n) is 17.9. The van der Waals surface area contributed by atoms with Gasteiger partial charge in [0.25, 0.3) is 0 Å². The second-order valence-corrected chi connectivity index (χ2v) is 40.8. The van der Waals surface area contributed by atoms with Crippen molar-refractivity contribution in [3.05, 3.63) is 90.6 Å². The standard InChI is InChI=1S/C102H164O2S6/c1-5-9-13-17-21-25-29-33-37-41-45-49-53-59-68-85(69-60-54-50-46-42-38-34-30-26-22-18-14-10-6-2)72-63-57-65-74-87-80-96(106-84-87)98-89-82-95-90(83-94(89)109-101(98)103)99(102(104)110-95)97-81-88(100(108-97)93-78-77-92(107-93)91-76-67-79-105-91)75-66-58-64-73-86(70-61-55-51-47-43-39-35-31-27-23-19-15-11-7-3)71-62-56-52-48-44-40-36-32-28-24-20-16-12-8-4/h67,76-86H,5-66,68-75H2,1-4H3. The number of carbonyl (C=O) groups excluding carboxylic acids is 2. The van der Waals surface area contributed by atoms with Gasteiger partial charge in [-0.2, -0.15) is 0 Å². The van der Waals surface area contributed by atoms with Crippen LogP contribution in [-0.4, -0.2) is 10.2 Å². The minimum atomic E-state index is 0.143. The monoisotopic (exact) mass is 1610 g/mol. The topological polar surface area (TPSA) is 34.1 Å². The predicted molar refractivity (Wildman–Crippen MR) is 499 cm³/mol. The lowest BCUT2D eigenvalue weighted by Crippen LogP contribution is -2.14. The van der Waals surface area contributed by atoms with E-state index in [2.05, 4.69) is 87.0 Å². The Morgan fingerprint density at radius 3 is 0.918 bits per heavy atom. The number of fused-ring (bicyclic) bond motifs is 2. The van der Waals surface area contributed by atoms with E-state index in [9.17, 15) is 9.59 Å². The van der Waals surface area contributed by atoms with Crippen molar-refractivity contribution in [2.45, 2.75) is 487 Å². The lowest BCUT2D eigenvalue weighted by atomic mass is 9.89. The lowest BCUT2D eigenvalue weighted by Gasteiger charge is -2.17. The predicted octanol–water partition coefficient (Wildman–Crippen LogP) is 35.9. The molecule has 5 aromatic rings. The highest BCUT2D eigenvalue weighted by Gasteiger charge is 2.31. The Morgan fingerprint density at radius 2 is 0.582 bits per heavy atom. The number of thiophene rings is 4. The van der Waals surface area contributed by atoms with Crippen LogP contribution in [0.1, 0.15) is 485 Å². The fraction of sp³-hybridized carbons (Fsp3) is 0.745. The molecule has 1 aromatic carbocycles. The molecule has 0 saturated heterocycles. The van der Waals surface area contributed by atoms with Gasteiger partial charge >= 0.3 is 0 Å². The van der Waals surface area contributed by atoms with Gasteiger partial charge in [-0.1, -0.05) is 458 Å². The van der Waals surface area contributed by atoms with Crippen LogP contribution in [0.2, 0.25) is 0 Å². The van der Waals surface area contributed by atoms with Gasteiger partial charge in [0, 0.05) is 49.5 Å². The summed E-state index contributed by atoms with van der Waals surface area (Å²) in [7, 11) is 0.